The van der Waals surface area contributed by atoms with Crippen LogP contribution in [0, 0.1) is 17.6 Å². The molecule has 1 aromatic carbocycles. The summed E-state index contributed by atoms with van der Waals surface area (Å²) in [7, 11) is 0. The number of nitrogens with zero attached hydrogens (tertiary/aromatic N) is 2. The van der Waals surface area contributed by atoms with Crippen molar-refractivity contribution in [3.05, 3.63) is 52.9 Å². The first-order chi connectivity index (χ1) is 14.5. The number of aromatic nitrogens is 1. The van der Waals surface area contributed by atoms with E-state index in [1.54, 1.807) is 4.90 Å². The zero-order valence-electron chi connectivity index (χ0n) is 16.7. The van der Waals surface area contributed by atoms with Crippen LogP contribution in [0.15, 0.2) is 28.8 Å². The number of nitrogens with one attached hydrogen (secondary N) is 1. The van der Waals surface area contributed by atoms with Crippen molar-refractivity contribution in [1.82, 2.24) is 15.4 Å². The lowest BCUT2D eigenvalue weighted by Gasteiger charge is -2.33. The highest BCUT2D eigenvalue weighted by Crippen LogP contribution is 2.28. The van der Waals surface area contributed by atoms with Gasteiger partial charge in [-0.15, -0.1) is 0 Å². The van der Waals surface area contributed by atoms with Crippen molar-refractivity contribution in [3.8, 4) is 0 Å². The largest absolute Gasteiger partial charge is 0.359 e. The first kappa shape index (κ1) is 20.5. The van der Waals surface area contributed by atoms with Gasteiger partial charge in [-0.3, -0.25) is 9.59 Å². The van der Waals surface area contributed by atoms with Crippen LogP contribution in [0.4, 0.5) is 8.78 Å². The van der Waals surface area contributed by atoms with Gasteiger partial charge in [0, 0.05) is 30.3 Å². The van der Waals surface area contributed by atoms with Gasteiger partial charge in [-0.2, -0.15) is 0 Å². The van der Waals surface area contributed by atoms with Crippen molar-refractivity contribution in [2.24, 2.45) is 5.92 Å². The Morgan fingerprint density at radius 3 is 2.40 bits per heavy atom. The minimum absolute atomic E-state index is 0.0417. The molecule has 2 aromatic rings. The fraction of sp³-hybridized carbons (Fsp3) is 0.500. The predicted octanol–water partition coefficient (Wildman–Crippen LogP) is 4.07. The molecule has 8 heteroatoms. The smallest absolute Gasteiger partial charge is 0.273 e. The topological polar surface area (TPSA) is 75.4 Å². The standard InChI is InChI=1S/C22H25F2N3O3/c23-16-8-15(9-17(24)10-16)22(29)27(18-4-2-1-3-5-18)13-19-11-20(26-30-19)21(28)25-12-14-6-7-14/h8-11,14,18H,1-7,12-13H2,(H,25,28). The molecule has 2 fully saturated rings. The highest BCUT2D eigenvalue weighted by molar-refractivity contribution is 5.94. The number of hydrogen-bond donors (Lipinski definition) is 1. The van der Waals surface area contributed by atoms with Crippen LogP contribution in [0.5, 0.6) is 0 Å². The number of benzene rings is 1. The number of carbonyl (C=O) groups excluding carboxylic acids is 2. The number of rotatable bonds is 7. The molecule has 160 valence electrons. The third kappa shape index (κ3) is 5.04. The zero-order chi connectivity index (χ0) is 21.1. The van der Waals surface area contributed by atoms with Gasteiger partial charge in [0.1, 0.15) is 11.6 Å². The molecule has 2 aliphatic rings. The monoisotopic (exact) mass is 417 g/mol. The molecule has 30 heavy (non-hydrogen) atoms. The van der Waals surface area contributed by atoms with E-state index in [9.17, 15) is 18.4 Å². The van der Waals surface area contributed by atoms with Crippen LogP contribution >= 0.6 is 0 Å². The predicted molar refractivity (Wildman–Crippen MR) is 105 cm³/mol. The van der Waals surface area contributed by atoms with Crippen LogP contribution in [0.1, 0.15) is 71.6 Å². The molecule has 1 heterocycles. The second-order valence-electron chi connectivity index (χ2n) is 8.21. The molecule has 4 rings (SSSR count). The molecule has 0 bridgehead atoms. The molecule has 2 aliphatic carbocycles. The average Bonchev–Trinajstić information content (AvgIpc) is 3.45. The second-order valence-corrected chi connectivity index (χ2v) is 8.21. The van der Waals surface area contributed by atoms with Gasteiger partial charge >= 0.3 is 0 Å². The van der Waals surface area contributed by atoms with Gasteiger partial charge < -0.3 is 14.7 Å². The van der Waals surface area contributed by atoms with Crippen LogP contribution in [-0.2, 0) is 6.54 Å². The van der Waals surface area contributed by atoms with E-state index in [2.05, 4.69) is 10.5 Å². The van der Waals surface area contributed by atoms with E-state index in [4.69, 9.17) is 4.52 Å². The van der Waals surface area contributed by atoms with Gasteiger partial charge in [0.15, 0.2) is 11.5 Å². The van der Waals surface area contributed by atoms with E-state index in [1.165, 1.54) is 6.07 Å². The van der Waals surface area contributed by atoms with Crippen LogP contribution in [-0.4, -0.2) is 34.5 Å². The lowest BCUT2D eigenvalue weighted by Crippen LogP contribution is -2.41. The maximum atomic E-state index is 13.7. The third-order valence-electron chi connectivity index (χ3n) is 5.75. The summed E-state index contributed by atoms with van der Waals surface area (Å²) in [6.07, 6.45) is 6.95. The number of carbonyl (C=O) groups is 2. The zero-order valence-corrected chi connectivity index (χ0v) is 16.7. The molecule has 2 amide bonds. The molecule has 0 spiro atoms. The first-order valence-corrected chi connectivity index (χ1v) is 10.5. The second kappa shape index (κ2) is 8.93. The van der Waals surface area contributed by atoms with Gasteiger partial charge in [0.05, 0.1) is 6.54 Å². The molecule has 0 atom stereocenters. The van der Waals surface area contributed by atoms with Crippen molar-refractivity contribution in [1.29, 1.82) is 0 Å². The van der Waals surface area contributed by atoms with Crippen molar-refractivity contribution < 1.29 is 22.9 Å². The molecule has 0 aliphatic heterocycles. The Bertz CT molecular complexity index is 900. The summed E-state index contributed by atoms with van der Waals surface area (Å²) in [6.45, 7) is 0.712. The lowest BCUT2D eigenvalue weighted by molar-refractivity contribution is 0.0589. The Morgan fingerprint density at radius 2 is 1.73 bits per heavy atom. The van der Waals surface area contributed by atoms with Crippen molar-refractivity contribution in [3.63, 3.8) is 0 Å². The summed E-state index contributed by atoms with van der Waals surface area (Å²) in [5.41, 5.74) is 0.124. The number of hydrogen-bond acceptors (Lipinski definition) is 4. The maximum absolute atomic E-state index is 13.7. The Balaban J connectivity index is 1.51. The lowest BCUT2D eigenvalue weighted by atomic mass is 9.93. The van der Waals surface area contributed by atoms with Crippen LogP contribution in [0.25, 0.3) is 0 Å². The molecule has 2 saturated carbocycles. The summed E-state index contributed by atoms with van der Waals surface area (Å²) in [6, 6.07) is 4.29. The fourth-order valence-electron chi connectivity index (χ4n) is 3.91. The molecule has 1 aromatic heterocycles. The summed E-state index contributed by atoms with van der Waals surface area (Å²) >= 11 is 0. The molecule has 0 unspecified atom stereocenters. The van der Waals surface area contributed by atoms with E-state index in [0.717, 1.165) is 63.1 Å². The van der Waals surface area contributed by atoms with Gasteiger partial charge in [-0.1, -0.05) is 24.4 Å². The quantitative estimate of drug-likeness (QED) is 0.737. The van der Waals surface area contributed by atoms with Crippen molar-refractivity contribution in [2.75, 3.05) is 6.54 Å². The summed E-state index contributed by atoms with van der Waals surface area (Å²) < 4.78 is 32.6. The van der Waals surface area contributed by atoms with Crippen molar-refractivity contribution in [2.45, 2.75) is 57.5 Å². The Morgan fingerprint density at radius 1 is 1.03 bits per heavy atom. The van der Waals surface area contributed by atoms with Crippen LogP contribution < -0.4 is 5.32 Å². The first-order valence-electron chi connectivity index (χ1n) is 10.5. The SMILES string of the molecule is O=C(NCC1CC1)c1cc(CN(C(=O)c2cc(F)cc(F)c2)C2CCCCC2)on1. The van der Waals surface area contributed by atoms with Crippen molar-refractivity contribution >= 4 is 11.8 Å². The van der Waals surface area contributed by atoms with E-state index >= 15 is 0 Å². The number of amides is 2. The molecule has 0 radical (unpaired) electrons. The minimum Gasteiger partial charge on any atom is -0.359 e. The maximum Gasteiger partial charge on any atom is 0.273 e. The van der Waals surface area contributed by atoms with Gasteiger partial charge in [-0.25, -0.2) is 8.78 Å². The molecule has 6 nitrogen and oxygen atoms in total. The highest BCUT2D eigenvalue weighted by Gasteiger charge is 2.29. The molecular formula is C22H25F2N3O3. The van der Waals surface area contributed by atoms with Gasteiger partial charge in [0.2, 0.25) is 0 Å². The van der Waals surface area contributed by atoms with E-state index < -0.39 is 17.5 Å². The summed E-state index contributed by atoms with van der Waals surface area (Å²) in [4.78, 5) is 26.9. The van der Waals surface area contributed by atoms with E-state index in [0.29, 0.717) is 18.2 Å². The molecule has 0 saturated heterocycles. The Labute approximate surface area is 173 Å². The van der Waals surface area contributed by atoms with E-state index in [1.807, 2.05) is 0 Å². The third-order valence-corrected chi connectivity index (χ3v) is 5.75. The molecular weight excluding hydrogens is 392 g/mol. The summed E-state index contributed by atoms with van der Waals surface area (Å²) in [5, 5.41) is 6.65. The Kier molecular flexibility index (Phi) is 6.11. The van der Waals surface area contributed by atoms with Gasteiger partial charge in [0.25, 0.3) is 11.8 Å². The number of halogens is 2. The van der Waals surface area contributed by atoms with Crippen LogP contribution in [0.3, 0.4) is 0 Å². The highest BCUT2D eigenvalue weighted by atomic mass is 19.1. The average molecular weight is 417 g/mol. The fourth-order valence-corrected chi connectivity index (χ4v) is 3.91. The normalized spacial score (nSPS) is 17.0. The van der Waals surface area contributed by atoms with Crippen LogP contribution in [0.2, 0.25) is 0 Å². The molecule has 1 N–H and O–H groups in total. The van der Waals surface area contributed by atoms with Gasteiger partial charge in [-0.05, 0) is 43.7 Å². The summed E-state index contributed by atoms with van der Waals surface area (Å²) in [5.74, 6) is -1.45. The minimum atomic E-state index is -0.795. The van der Waals surface area contributed by atoms with E-state index in [-0.39, 0.29) is 29.8 Å². The Hall–Kier alpha value is -2.77.